The number of nitrogens with zero attached hydrogens (tertiary/aromatic N) is 2. The highest BCUT2D eigenvalue weighted by Crippen LogP contribution is 2.43. The van der Waals surface area contributed by atoms with Crippen molar-refractivity contribution in [1.82, 2.24) is 15.5 Å². The maximum Gasteiger partial charge on any atom is 0.191 e. The van der Waals surface area contributed by atoms with E-state index in [1.54, 1.807) is 7.11 Å². The van der Waals surface area contributed by atoms with Crippen molar-refractivity contribution in [3.8, 4) is 0 Å². The van der Waals surface area contributed by atoms with Crippen molar-refractivity contribution < 1.29 is 9.47 Å². The Morgan fingerprint density at radius 1 is 1.17 bits per heavy atom. The van der Waals surface area contributed by atoms with Crippen molar-refractivity contribution in [2.45, 2.75) is 45.7 Å². The van der Waals surface area contributed by atoms with Crippen molar-refractivity contribution in [3.63, 3.8) is 0 Å². The van der Waals surface area contributed by atoms with Gasteiger partial charge in [-0.05, 0) is 42.7 Å². The number of guanidine groups is 1. The number of halogens is 1. The molecule has 1 heterocycles. The molecule has 170 valence electrons. The molecule has 1 saturated heterocycles. The Kier molecular flexibility index (Phi) is 11.4. The predicted molar refractivity (Wildman–Crippen MR) is 134 cm³/mol. The van der Waals surface area contributed by atoms with Gasteiger partial charge >= 0.3 is 0 Å². The van der Waals surface area contributed by atoms with E-state index in [-0.39, 0.29) is 24.0 Å². The van der Waals surface area contributed by atoms with Crippen LogP contribution in [0.1, 0.15) is 43.7 Å². The van der Waals surface area contributed by atoms with Crippen LogP contribution >= 0.6 is 24.0 Å². The summed E-state index contributed by atoms with van der Waals surface area (Å²) in [5.41, 5.74) is 3.04. The predicted octanol–water partition coefficient (Wildman–Crippen LogP) is 3.40. The van der Waals surface area contributed by atoms with Gasteiger partial charge in [0, 0.05) is 46.4 Å². The van der Waals surface area contributed by atoms with Crippen LogP contribution in [0.4, 0.5) is 0 Å². The molecule has 2 fully saturated rings. The quantitative estimate of drug-likeness (QED) is 0.276. The highest BCUT2D eigenvalue weighted by atomic mass is 127. The monoisotopic (exact) mass is 530 g/mol. The molecule has 6 nitrogen and oxygen atoms in total. The van der Waals surface area contributed by atoms with Gasteiger partial charge in [-0.25, -0.2) is 4.99 Å². The Bertz CT molecular complexity index is 646. The van der Waals surface area contributed by atoms with Crippen molar-refractivity contribution >= 4 is 29.9 Å². The number of aliphatic imine (C=N–C) groups is 1. The average molecular weight is 530 g/mol. The molecule has 1 saturated carbocycles. The van der Waals surface area contributed by atoms with Crippen molar-refractivity contribution in [3.05, 3.63) is 35.4 Å². The molecule has 0 aromatic heterocycles. The second kappa shape index (κ2) is 13.5. The molecular formula is C23H39IN4O2. The number of nitrogens with one attached hydrogen (secondary N) is 2. The maximum atomic E-state index is 5.48. The van der Waals surface area contributed by atoms with Gasteiger partial charge in [-0.2, -0.15) is 0 Å². The zero-order chi connectivity index (χ0) is 20.4. The molecule has 0 bridgehead atoms. The van der Waals surface area contributed by atoms with Crippen LogP contribution in [-0.2, 0) is 22.6 Å². The van der Waals surface area contributed by atoms with Crippen LogP contribution in [0.3, 0.4) is 0 Å². The number of rotatable bonds is 10. The number of ether oxygens (including phenoxy) is 2. The van der Waals surface area contributed by atoms with Gasteiger partial charge in [-0.15, -0.1) is 24.0 Å². The van der Waals surface area contributed by atoms with Crippen LogP contribution in [0.15, 0.2) is 29.3 Å². The van der Waals surface area contributed by atoms with E-state index >= 15 is 0 Å². The van der Waals surface area contributed by atoms with E-state index in [4.69, 9.17) is 14.5 Å². The summed E-state index contributed by atoms with van der Waals surface area (Å²) in [6.07, 6.45) is 5.02. The first-order valence-corrected chi connectivity index (χ1v) is 11.1. The van der Waals surface area contributed by atoms with Gasteiger partial charge < -0.3 is 20.1 Å². The molecule has 0 radical (unpaired) electrons. The maximum absolute atomic E-state index is 5.48. The van der Waals surface area contributed by atoms with Crippen LogP contribution in [0, 0.1) is 5.41 Å². The van der Waals surface area contributed by atoms with Gasteiger partial charge in [0.1, 0.15) is 0 Å². The van der Waals surface area contributed by atoms with Crippen LogP contribution in [0.2, 0.25) is 0 Å². The largest absolute Gasteiger partial charge is 0.385 e. The SMILES string of the molecule is CCNC(=NCc1ccccc1CN1CCOCC1)NCC1(CCOC)CCC1.I. The first-order chi connectivity index (χ1) is 14.2. The van der Waals surface area contributed by atoms with E-state index in [1.807, 2.05) is 0 Å². The normalized spacial score (nSPS) is 18.9. The van der Waals surface area contributed by atoms with Gasteiger partial charge in [-0.1, -0.05) is 30.7 Å². The molecule has 1 aliphatic heterocycles. The molecule has 2 N–H and O–H groups in total. The molecule has 7 heteroatoms. The molecule has 0 unspecified atom stereocenters. The van der Waals surface area contributed by atoms with Crippen LogP contribution in [0.5, 0.6) is 0 Å². The third-order valence-corrected chi connectivity index (χ3v) is 6.25. The summed E-state index contributed by atoms with van der Waals surface area (Å²) in [7, 11) is 1.79. The zero-order valence-corrected chi connectivity index (χ0v) is 21.0. The summed E-state index contributed by atoms with van der Waals surface area (Å²) in [5.74, 6) is 0.914. The smallest absolute Gasteiger partial charge is 0.191 e. The first kappa shape index (κ1) is 25.4. The van der Waals surface area contributed by atoms with Gasteiger partial charge in [0.25, 0.3) is 0 Å². The number of benzene rings is 1. The minimum absolute atomic E-state index is 0. The highest BCUT2D eigenvalue weighted by Gasteiger charge is 2.36. The second-order valence-electron chi connectivity index (χ2n) is 8.30. The summed E-state index contributed by atoms with van der Waals surface area (Å²) < 4.78 is 10.8. The van der Waals surface area contributed by atoms with E-state index in [0.717, 1.165) is 64.9 Å². The zero-order valence-electron chi connectivity index (χ0n) is 18.6. The summed E-state index contributed by atoms with van der Waals surface area (Å²) >= 11 is 0. The summed E-state index contributed by atoms with van der Waals surface area (Å²) in [5, 5.41) is 7.01. The van der Waals surface area contributed by atoms with E-state index < -0.39 is 0 Å². The second-order valence-corrected chi connectivity index (χ2v) is 8.30. The molecule has 0 spiro atoms. The van der Waals surface area contributed by atoms with Gasteiger partial charge in [0.2, 0.25) is 0 Å². The van der Waals surface area contributed by atoms with Crippen LogP contribution < -0.4 is 10.6 Å². The van der Waals surface area contributed by atoms with E-state index in [2.05, 4.69) is 46.7 Å². The van der Waals surface area contributed by atoms with Crippen molar-refractivity contribution in [2.24, 2.45) is 10.4 Å². The Balaban J connectivity index is 0.00000320. The molecule has 2 aliphatic rings. The van der Waals surface area contributed by atoms with Gasteiger partial charge in [0.05, 0.1) is 19.8 Å². The van der Waals surface area contributed by atoms with Crippen molar-refractivity contribution in [1.29, 1.82) is 0 Å². The molecule has 1 aliphatic carbocycles. The Hall–Kier alpha value is -0.900. The fourth-order valence-electron chi connectivity index (χ4n) is 4.15. The minimum atomic E-state index is 0. The third-order valence-electron chi connectivity index (χ3n) is 6.25. The Morgan fingerprint density at radius 3 is 2.53 bits per heavy atom. The van der Waals surface area contributed by atoms with Crippen LogP contribution in [0.25, 0.3) is 0 Å². The highest BCUT2D eigenvalue weighted by molar-refractivity contribution is 14.0. The topological polar surface area (TPSA) is 58.1 Å². The van der Waals surface area contributed by atoms with E-state index in [1.165, 1.54) is 30.4 Å². The Morgan fingerprint density at radius 2 is 1.90 bits per heavy atom. The number of hydrogen-bond donors (Lipinski definition) is 2. The lowest BCUT2D eigenvalue weighted by Gasteiger charge is -2.42. The summed E-state index contributed by atoms with van der Waals surface area (Å²) in [4.78, 5) is 7.36. The molecular weight excluding hydrogens is 491 g/mol. The van der Waals surface area contributed by atoms with Crippen LogP contribution in [-0.4, -0.2) is 64.0 Å². The minimum Gasteiger partial charge on any atom is -0.385 e. The van der Waals surface area contributed by atoms with E-state index in [9.17, 15) is 0 Å². The molecule has 0 amide bonds. The molecule has 1 aromatic carbocycles. The fraction of sp³-hybridized carbons (Fsp3) is 0.696. The van der Waals surface area contributed by atoms with E-state index in [0.29, 0.717) is 12.0 Å². The van der Waals surface area contributed by atoms with Crippen molar-refractivity contribution in [2.75, 3.05) is 53.1 Å². The number of morpholine rings is 1. The molecule has 30 heavy (non-hydrogen) atoms. The lowest BCUT2D eigenvalue weighted by Crippen LogP contribution is -2.47. The molecule has 1 aromatic rings. The molecule has 0 atom stereocenters. The molecule has 3 rings (SSSR count). The summed E-state index contributed by atoms with van der Waals surface area (Å²) in [6, 6.07) is 8.67. The lowest BCUT2D eigenvalue weighted by molar-refractivity contribution is 0.0341. The number of hydrogen-bond acceptors (Lipinski definition) is 4. The summed E-state index contributed by atoms with van der Waals surface area (Å²) in [6.45, 7) is 10.1. The fourth-order valence-corrected chi connectivity index (χ4v) is 4.15. The first-order valence-electron chi connectivity index (χ1n) is 11.1. The average Bonchev–Trinajstić information content (AvgIpc) is 2.72. The van der Waals surface area contributed by atoms with Gasteiger partial charge in [-0.3, -0.25) is 4.90 Å². The third kappa shape index (κ3) is 7.66. The van der Waals surface area contributed by atoms with Gasteiger partial charge in [0.15, 0.2) is 5.96 Å². The number of methoxy groups -OCH3 is 1. The standard InChI is InChI=1S/C23H38N4O2.HI/c1-3-24-22(26-19-23(9-6-10-23)11-14-28-2)25-17-20-7-4-5-8-21(20)18-27-12-15-29-16-13-27;/h4-5,7-8H,3,6,9-19H2,1-2H3,(H2,24,25,26);1H. The lowest BCUT2D eigenvalue weighted by atomic mass is 9.67. The Labute approximate surface area is 199 Å².